The fraction of sp³-hybridized carbons (Fsp3) is 0.429. The third kappa shape index (κ3) is 6.13. The van der Waals surface area contributed by atoms with Gasteiger partial charge in [-0.2, -0.15) is 12.7 Å². The van der Waals surface area contributed by atoms with E-state index < -0.39 is 25.1 Å². The monoisotopic (exact) mass is 575 g/mol. The van der Waals surface area contributed by atoms with Crippen LogP contribution in [0.4, 0.5) is 11.4 Å². The van der Waals surface area contributed by atoms with Gasteiger partial charge in [-0.25, -0.2) is 8.42 Å². The van der Waals surface area contributed by atoms with Gasteiger partial charge in [0.1, 0.15) is 4.90 Å². The summed E-state index contributed by atoms with van der Waals surface area (Å²) in [5, 5.41) is 12.0. The van der Waals surface area contributed by atoms with Gasteiger partial charge in [-0.15, -0.1) is 0 Å². The number of halogens is 1. The number of anilines is 1. The molecule has 0 aromatic heterocycles. The van der Waals surface area contributed by atoms with E-state index >= 15 is 0 Å². The Balaban J connectivity index is 2.08. The number of sulfonamides is 1. The molecule has 34 heavy (non-hydrogen) atoms. The number of nitro benzene ring substituents is 1. The second kappa shape index (κ2) is 10.7. The highest BCUT2D eigenvalue weighted by Crippen LogP contribution is 2.36. The highest BCUT2D eigenvalue weighted by atomic mass is 79.9. The van der Waals surface area contributed by atoms with E-state index in [1.54, 1.807) is 11.8 Å². The summed E-state index contributed by atoms with van der Waals surface area (Å²) in [5.41, 5.74) is 2.32. The molecule has 186 valence electrons. The van der Waals surface area contributed by atoms with Crippen LogP contribution in [0.2, 0.25) is 0 Å². The molecule has 0 unspecified atom stereocenters. The molecule has 0 aliphatic carbocycles. The van der Waals surface area contributed by atoms with E-state index in [9.17, 15) is 26.9 Å². The molecule has 2 aromatic rings. The summed E-state index contributed by atoms with van der Waals surface area (Å²) in [6.07, 6.45) is 1.47. The molecule has 2 aromatic carbocycles. The summed E-state index contributed by atoms with van der Waals surface area (Å²) in [5.74, 6) is 0. The van der Waals surface area contributed by atoms with E-state index in [-0.39, 0.29) is 36.8 Å². The fourth-order valence-corrected chi connectivity index (χ4v) is 6.51. The predicted octanol–water partition coefficient (Wildman–Crippen LogP) is 2.83. The Morgan fingerprint density at radius 1 is 1.15 bits per heavy atom. The van der Waals surface area contributed by atoms with E-state index in [0.29, 0.717) is 29.5 Å². The minimum Gasteiger partial charge on any atom is -0.367 e. The summed E-state index contributed by atoms with van der Waals surface area (Å²) in [6.45, 7) is 2.22. The Morgan fingerprint density at radius 2 is 1.82 bits per heavy atom. The first-order valence-electron chi connectivity index (χ1n) is 10.5. The van der Waals surface area contributed by atoms with Crippen LogP contribution in [0.5, 0.6) is 0 Å². The van der Waals surface area contributed by atoms with Crippen LogP contribution in [0.3, 0.4) is 0 Å². The van der Waals surface area contributed by atoms with Crippen LogP contribution in [0.25, 0.3) is 0 Å². The minimum atomic E-state index is -4.12. The molecule has 0 fully saturated rings. The Bertz CT molecular complexity index is 1280. The number of hydrogen-bond donors (Lipinski definition) is 0. The van der Waals surface area contributed by atoms with Crippen molar-refractivity contribution in [3.05, 3.63) is 63.2 Å². The topological polar surface area (TPSA) is 127 Å². The van der Waals surface area contributed by atoms with Gasteiger partial charge in [0.2, 0.25) is 10.0 Å². The maximum Gasteiger partial charge on any atom is 0.271 e. The molecule has 0 radical (unpaired) electrons. The smallest absolute Gasteiger partial charge is 0.271 e. The van der Waals surface area contributed by atoms with Crippen molar-refractivity contribution in [1.29, 1.82) is 0 Å². The number of nitro groups is 1. The number of alkyl halides is 1. The fourth-order valence-electron chi connectivity index (χ4n) is 3.99. The molecule has 1 aliphatic rings. The Kier molecular flexibility index (Phi) is 8.34. The molecule has 0 saturated carbocycles. The van der Waals surface area contributed by atoms with Gasteiger partial charge in [0, 0.05) is 43.6 Å². The molecule has 0 N–H and O–H groups in total. The van der Waals surface area contributed by atoms with Crippen molar-refractivity contribution in [1.82, 2.24) is 4.31 Å². The normalized spacial score (nSPS) is 14.6. The summed E-state index contributed by atoms with van der Waals surface area (Å²) < 4.78 is 56.6. The van der Waals surface area contributed by atoms with Crippen molar-refractivity contribution in [3.8, 4) is 0 Å². The van der Waals surface area contributed by atoms with Gasteiger partial charge in [-0.1, -0.05) is 40.2 Å². The largest absolute Gasteiger partial charge is 0.367 e. The number of benzene rings is 2. The molecule has 13 heteroatoms. The molecule has 0 bridgehead atoms. The molecule has 0 saturated heterocycles. The van der Waals surface area contributed by atoms with Gasteiger partial charge in [-0.3, -0.25) is 14.3 Å². The van der Waals surface area contributed by atoms with Gasteiger partial charge >= 0.3 is 0 Å². The lowest BCUT2D eigenvalue weighted by Crippen LogP contribution is -2.38. The maximum absolute atomic E-state index is 13.8. The molecule has 0 atom stereocenters. The van der Waals surface area contributed by atoms with Crippen molar-refractivity contribution in [2.45, 2.75) is 24.8 Å². The van der Waals surface area contributed by atoms with Gasteiger partial charge < -0.3 is 4.90 Å². The van der Waals surface area contributed by atoms with E-state index in [2.05, 4.69) is 15.9 Å². The van der Waals surface area contributed by atoms with Crippen molar-refractivity contribution in [3.63, 3.8) is 0 Å². The zero-order valence-corrected chi connectivity index (χ0v) is 22.0. The molecule has 3 rings (SSSR count). The number of rotatable bonds is 10. The van der Waals surface area contributed by atoms with Gasteiger partial charge in [0.15, 0.2) is 0 Å². The first kappa shape index (κ1) is 26.5. The maximum atomic E-state index is 13.8. The standard InChI is InChI=1S/C21H26BrN3O7S2/c1-16-13-19(25(26)27)14-20(21(16)23(10-8-22)11-12-32-33(2,28)29)34(30,31)24-9-7-17-5-3-4-6-18(17)15-24/h3-6,13-14H,7-12,15H2,1-2H3. The second-order valence-corrected chi connectivity index (χ2v) is 12.3. The summed E-state index contributed by atoms with van der Waals surface area (Å²) >= 11 is 3.34. The highest BCUT2D eigenvalue weighted by molar-refractivity contribution is 9.09. The van der Waals surface area contributed by atoms with Crippen LogP contribution in [0.1, 0.15) is 16.7 Å². The van der Waals surface area contributed by atoms with E-state index in [1.807, 2.05) is 24.3 Å². The Hall–Kier alpha value is -2.06. The molecule has 0 amide bonds. The summed E-state index contributed by atoms with van der Waals surface area (Å²) in [4.78, 5) is 12.4. The lowest BCUT2D eigenvalue weighted by Gasteiger charge is -2.32. The van der Waals surface area contributed by atoms with Crippen LogP contribution in [0, 0.1) is 17.0 Å². The molecule has 1 aliphatic heterocycles. The van der Waals surface area contributed by atoms with Crippen molar-refractivity contribution in [2.24, 2.45) is 0 Å². The van der Waals surface area contributed by atoms with Crippen LogP contribution in [-0.2, 0) is 37.3 Å². The van der Waals surface area contributed by atoms with E-state index in [1.165, 1.54) is 10.4 Å². The SMILES string of the molecule is Cc1cc([N+](=O)[O-])cc(S(=O)(=O)N2CCc3ccccc3C2)c1N(CCBr)CCOS(C)(=O)=O. The Morgan fingerprint density at radius 3 is 2.44 bits per heavy atom. The third-order valence-corrected chi connectivity index (χ3v) is 8.31. The average Bonchev–Trinajstić information content (AvgIpc) is 2.76. The zero-order valence-electron chi connectivity index (χ0n) is 18.8. The highest BCUT2D eigenvalue weighted by Gasteiger charge is 2.34. The van der Waals surface area contributed by atoms with Crippen LogP contribution in [0.15, 0.2) is 41.3 Å². The first-order valence-corrected chi connectivity index (χ1v) is 14.8. The first-order chi connectivity index (χ1) is 15.9. The number of nitrogens with zero attached hydrogens (tertiary/aromatic N) is 3. The molecular formula is C21H26BrN3O7S2. The van der Waals surface area contributed by atoms with Crippen molar-refractivity contribution >= 4 is 47.4 Å². The number of fused-ring (bicyclic) bond motifs is 1. The molecule has 1 heterocycles. The summed E-state index contributed by atoms with van der Waals surface area (Å²) in [7, 11) is -7.80. The van der Waals surface area contributed by atoms with E-state index in [0.717, 1.165) is 23.4 Å². The second-order valence-electron chi connectivity index (χ2n) is 7.93. The molecule has 0 spiro atoms. The van der Waals surface area contributed by atoms with Crippen LogP contribution < -0.4 is 4.90 Å². The van der Waals surface area contributed by atoms with Gasteiger partial charge in [0.25, 0.3) is 15.8 Å². The minimum absolute atomic E-state index is 0.0721. The van der Waals surface area contributed by atoms with Gasteiger partial charge in [0.05, 0.1) is 23.5 Å². The quantitative estimate of drug-likeness (QED) is 0.183. The number of hydrogen-bond acceptors (Lipinski definition) is 8. The lowest BCUT2D eigenvalue weighted by molar-refractivity contribution is -0.385. The van der Waals surface area contributed by atoms with Crippen LogP contribution in [-0.4, -0.2) is 63.9 Å². The van der Waals surface area contributed by atoms with Gasteiger partial charge in [-0.05, 0) is 30.0 Å². The van der Waals surface area contributed by atoms with Crippen LogP contribution >= 0.6 is 15.9 Å². The average molecular weight is 576 g/mol. The predicted molar refractivity (Wildman–Crippen MR) is 132 cm³/mol. The zero-order chi connectivity index (χ0) is 25.1. The van der Waals surface area contributed by atoms with Crippen molar-refractivity contribution < 1.29 is 25.9 Å². The third-order valence-electron chi connectivity index (χ3n) is 5.50. The Labute approximate surface area is 208 Å². The van der Waals surface area contributed by atoms with Crippen molar-refractivity contribution in [2.75, 3.05) is 42.7 Å². The van der Waals surface area contributed by atoms with E-state index in [4.69, 9.17) is 4.18 Å². The lowest BCUT2D eigenvalue weighted by atomic mass is 10.0. The molecule has 10 nitrogen and oxygen atoms in total. The number of aryl methyl sites for hydroxylation is 1. The summed E-state index contributed by atoms with van der Waals surface area (Å²) in [6, 6.07) is 9.98. The number of non-ortho nitro benzene ring substituents is 1. The molecular weight excluding hydrogens is 550 g/mol.